The topological polar surface area (TPSA) is 75.7 Å². The molecule has 3 saturated heterocycles. The first-order valence-corrected chi connectivity index (χ1v) is 10.2. The van der Waals surface area contributed by atoms with Crippen LogP contribution in [0, 0.1) is 5.92 Å². The molecule has 0 bridgehead atoms. The summed E-state index contributed by atoms with van der Waals surface area (Å²) in [5, 5.41) is 2.94. The predicted octanol–water partition coefficient (Wildman–Crippen LogP) is 0.181. The molecular weight excluding hydrogens is 304 g/mol. The highest BCUT2D eigenvalue weighted by Gasteiger charge is 2.33. The second-order valence-corrected chi connectivity index (χ2v) is 8.99. The van der Waals surface area contributed by atoms with Crippen LogP contribution in [-0.2, 0) is 19.4 Å². The van der Waals surface area contributed by atoms with E-state index in [2.05, 4.69) is 10.2 Å². The van der Waals surface area contributed by atoms with Gasteiger partial charge in [-0.15, -0.1) is 0 Å². The molecule has 1 amide bonds. The second-order valence-electron chi connectivity index (χ2n) is 6.76. The zero-order valence-electron chi connectivity index (χ0n) is 13.0. The monoisotopic (exact) mass is 330 g/mol. The van der Waals surface area contributed by atoms with E-state index in [1.807, 2.05) is 0 Å². The Morgan fingerprint density at radius 3 is 2.32 bits per heavy atom. The minimum absolute atomic E-state index is 0.0411. The first-order valence-electron chi connectivity index (χ1n) is 8.36. The van der Waals surface area contributed by atoms with Gasteiger partial charge in [0.15, 0.2) is 9.84 Å². The summed E-state index contributed by atoms with van der Waals surface area (Å²) in [4.78, 5) is 14.8. The van der Waals surface area contributed by atoms with Crippen LogP contribution in [0.3, 0.4) is 0 Å². The molecule has 0 spiro atoms. The normalized spacial score (nSPS) is 31.2. The van der Waals surface area contributed by atoms with Crippen molar-refractivity contribution < 1.29 is 17.9 Å². The molecule has 7 heteroatoms. The van der Waals surface area contributed by atoms with Crippen molar-refractivity contribution in [3.8, 4) is 0 Å². The molecule has 0 saturated carbocycles. The summed E-state index contributed by atoms with van der Waals surface area (Å²) in [6.45, 7) is 3.62. The fraction of sp³-hybridized carbons (Fsp3) is 0.933. The van der Waals surface area contributed by atoms with E-state index >= 15 is 0 Å². The van der Waals surface area contributed by atoms with Gasteiger partial charge in [-0.3, -0.25) is 4.79 Å². The highest BCUT2D eigenvalue weighted by molar-refractivity contribution is 7.91. The van der Waals surface area contributed by atoms with Crippen LogP contribution in [-0.4, -0.2) is 69.1 Å². The molecule has 0 aromatic carbocycles. The molecule has 3 aliphatic heterocycles. The Morgan fingerprint density at radius 2 is 1.73 bits per heavy atom. The van der Waals surface area contributed by atoms with Crippen LogP contribution in [0.2, 0.25) is 0 Å². The molecule has 3 heterocycles. The van der Waals surface area contributed by atoms with Crippen molar-refractivity contribution in [3.05, 3.63) is 0 Å². The lowest BCUT2D eigenvalue weighted by molar-refractivity contribution is -0.127. The molecule has 1 N–H and O–H groups in total. The summed E-state index contributed by atoms with van der Waals surface area (Å²) >= 11 is 0. The number of sulfone groups is 1. The van der Waals surface area contributed by atoms with Gasteiger partial charge >= 0.3 is 0 Å². The zero-order valence-corrected chi connectivity index (χ0v) is 13.8. The third kappa shape index (κ3) is 4.00. The van der Waals surface area contributed by atoms with Gasteiger partial charge in [0, 0.05) is 31.2 Å². The van der Waals surface area contributed by atoms with Gasteiger partial charge < -0.3 is 15.0 Å². The summed E-state index contributed by atoms with van der Waals surface area (Å²) in [5.41, 5.74) is 0. The third-order valence-corrected chi connectivity index (χ3v) is 6.95. The number of ether oxygens (including phenoxy) is 1. The smallest absolute Gasteiger partial charge is 0.223 e. The van der Waals surface area contributed by atoms with Crippen molar-refractivity contribution in [2.75, 3.05) is 37.8 Å². The van der Waals surface area contributed by atoms with Crippen LogP contribution >= 0.6 is 0 Å². The fourth-order valence-corrected chi connectivity index (χ4v) is 5.48. The van der Waals surface area contributed by atoms with Crippen LogP contribution in [0.15, 0.2) is 0 Å². The van der Waals surface area contributed by atoms with E-state index in [1.165, 1.54) is 0 Å². The van der Waals surface area contributed by atoms with Crippen LogP contribution in [0.25, 0.3) is 0 Å². The summed E-state index contributed by atoms with van der Waals surface area (Å²) < 4.78 is 28.3. The first-order chi connectivity index (χ1) is 10.5. The SMILES string of the molecule is O=C(N[C@@H]1CCS(=O)(=O)C1)C1CCN(C2CCOCC2)CC1. The van der Waals surface area contributed by atoms with Gasteiger partial charge in [-0.05, 0) is 45.2 Å². The van der Waals surface area contributed by atoms with Crippen molar-refractivity contribution in [2.45, 2.75) is 44.2 Å². The maximum atomic E-state index is 12.3. The lowest BCUT2D eigenvalue weighted by atomic mass is 9.93. The maximum absolute atomic E-state index is 12.3. The molecule has 0 aromatic heterocycles. The van der Waals surface area contributed by atoms with Gasteiger partial charge in [0.2, 0.25) is 5.91 Å². The molecule has 0 aromatic rings. The van der Waals surface area contributed by atoms with E-state index < -0.39 is 9.84 Å². The lowest BCUT2D eigenvalue weighted by Gasteiger charge is -2.39. The lowest BCUT2D eigenvalue weighted by Crippen LogP contribution is -2.48. The van der Waals surface area contributed by atoms with E-state index in [0.29, 0.717) is 12.5 Å². The van der Waals surface area contributed by atoms with E-state index in [0.717, 1.165) is 52.0 Å². The molecule has 0 aliphatic carbocycles. The van der Waals surface area contributed by atoms with Gasteiger partial charge in [0.1, 0.15) is 0 Å². The standard InChI is InChI=1S/C15H26N2O4S/c18-15(16-13-5-10-22(19,20)11-13)12-1-6-17(7-2-12)14-3-8-21-9-4-14/h12-14H,1-11H2,(H,16,18)/t13-/m1/s1. The Balaban J connectivity index is 1.43. The van der Waals surface area contributed by atoms with Gasteiger partial charge in [0.25, 0.3) is 0 Å². The number of carbonyl (C=O) groups is 1. The number of carbonyl (C=O) groups excluding carboxylic acids is 1. The number of nitrogens with zero attached hydrogens (tertiary/aromatic N) is 1. The maximum Gasteiger partial charge on any atom is 0.223 e. The molecule has 0 radical (unpaired) electrons. The number of likely N-dealkylation sites (tertiary alicyclic amines) is 1. The number of rotatable bonds is 3. The molecule has 3 aliphatic rings. The molecule has 3 fully saturated rings. The average Bonchev–Trinajstić information content (AvgIpc) is 2.87. The quantitative estimate of drug-likeness (QED) is 0.799. The highest BCUT2D eigenvalue weighted by Crippen LogP contribution is 2.24. The number of amides is 1. The largest absolute Gasteiger partial charge is 0.381 e. The van der Waals surface area contributed by atoms with Crippen molar-refractivity contribution in [3.63, 3.8) is 0 Å². The molecule has 3 rings (SSSR count). The second kappa shape index (κ2) is 6.84. The Hall–Kier alpha value is -0.660. The fourth-order valence-electron chi connectivity index (χ4n) is 3.80. The molecule has 6 nitrogen and oxygen atoms in total. The van der Waals surface area contributed by atoms with Crippen LogP contribution in [0.1, 0.15) is 32.1 Å². The number of nitrogens with one attached hydrogen (secondary N) is 1. The number of piperidine rings is 1. The average molecular weight is 330 g/mol. The molecule has 22 heavy (non-hydrogen) atoms. The minimum atomic E-state index is -2.93. The van der Waals surface area contributed by atoms with E-state index in [1.54, 1.807) is 0 Å². The van der Waals surface area contributed by atoms with E-state index in [9.17, 15) is 13.2 Å². The number of hydrogen-bond acceptors (Lipinski definition) is 5. The van der Waals surface area contributed by atoms with Crippen molar-refractivity contribution in [2.24, 2.45) is 5.92 Å². The minimum Gasteiger partial charge on any atom is -0.381 e. The molecule has 126 valence electrons. The molecule has 1 atom stereocenters. The van der Waals surface area contributed by atoms with Crippen molar-refractivity contribution >= 4 is 15.7 Å². The number of hydrogen-bond donors (Lipinski definition) is 1. The van der Waals surface area contributed by atoms with Crippen LogP contribution in [0.5, 0.6) is 0 Å². The van der Waals surface area contributed by atoms with E-state index in [-0.39, 0.29) is 29.4 Å². The van der Waals surface area contributed by atoms with Gasteiger partial charge in [-0.2, -0.15) is 0 Å². The summed E-state index contributed by atoms with van der Waals surface area (Å²) in [6.07, 6.45) is 4.51. The van der Waals surface area contributed by atoms with E-state index in [4.69, 9.17) is 4.74 Å². The van der Waals surface area contributed by atoms with Crippen molar-refractivity contribution in [1.29, 1.82) is 0 Å². The summed E-state index contributed by atoms with van der Waals surface area (Å²) in [7, 11) is -2.93. The Bertz CT molecular complexity index is 494. The Labute approximate surface area is 132 Å². The van der Waals surface area contributed by atoms with Crippen LogP contribution in [0.4, 0.5) is 0 Å². The van der Waals surface area contributed by atoms with Crippen LogP contribution < -0.4 is 5.32 Å². The molecular formula is C15H26N2O4S. The van der Waals surface area contributed by atoms with Gasteiger partial charge in [0.05, 0.1) is 11.5 Å². The first kappa shape index (κ1) is 16.2. The summed E-state index contributed by atoms with van der Waals surface area (Å²) in [6, 6.07) is 0.434. The van der Waals surface area contributed by atoms with Gasteiger partial charge in [-0.25, -0.2) is 8.42 Å². The third-order valence-electron chi connectivity index (χ3n) is 5.19. The Kier molecular flexibility index (Phi) is 5.04. The zero-order chi connectivity index (χ0) is 15.6. The predicted molar refractivity (Wildman–Crippen MR) is 83.3 cm³/mol. The van der Waals surface area contributed by atoms with Crippen molar-refractivity contribution in [1.82, 2.24) is 10.2 Å². The molecule has 0 unspecified atom stereocenters. The highest BCUT2D eigenvalue weighted by atomic mass is 32.2. The summed E-state index contributed by atoms with van der Waals surface area (Å²) in [5.74, 6) is 0.410. The van der Waals surface area contributed by atoms with Gasteiger partial charge in [-0.1, -0.05) is 0 Å². The Morgan fingerprint density at radius 1 is 1.05 bits per heavy atom.